The van der Waals surface area contributed by atoms with E-state index in [-0.39, 0.29) is 12.2 Å². The highest BCUT2D eigenvalue weighted by molar-refractivity contribution is 4.83. The van der Waals surface area contributed by atoms with E-state index in [1.54, 1.807) is 0 Å². The molecule has 0 aromatic heterocycles. The molecule has 0 aliphatic carbocycles. The summed E-state index contributed by atoms with van der Waals surface area (Å²) in [5.41, 5.74) is 0. The second-order valence-electron chi connectivity index (χ2n) is 13.4. The molecule has 0 spiro atoms. The van der Waals surface area contributed by atoms with Crippen molar-refractivity contribution in [1.29, 1.82) is 0 Å². The molecule has 0 bridgehead atoms. The molecule has 1 unspecified atom stereocenters. The number of hydrogen-bond donors (Lipinski definition) is 1. The maximum absolute atomic E-state index is 6.22. The summed E-state index contributed by atoms with van der Waals surface area (Å²) in [6.45, 7) is 8.26. The van der Waals surface area contributed by atoms with Crippen LogP contribution in [0.5, 0.6) is 0 Å². The summed E-state index contributed by atoms with van der Waals surface area (Å²) >= 11 is 0. The first kappa shape index (κ1) is 40.4. The third-order valence-electron chi connectivity index (χ3n) is 9.08. The maximum Gasteiger partial charge on any atom is 0.0973 e. The summed E-state index contributed by atoms with van der Waals surface area (Å²) in [5, 5.41) is 3.47. The van der Waals surface area contributed by atoms with Crippen molar-refractivity contribution in [2.24, 2.45) is 0 Å². The molecule has 0 amide bonds. The lowest BCUT2D eigenvalue weighted by Crippen LogP contribution is -2.30. The summed E-state index contributed by atoms with van der Waals surface area (Å²) in [6.07, 6.45) is 48.0. The molecule has 43 heavy (non-hydrogen) atoms. The Bertz CT molecular complexity index is 539. The zero-order valence-electron chi connectivity index (χ0n) is 29.4. The van der Waals surface area contributed by atoms with E-state index in [0.29, 0.717) is 0 Å². The van der Waals surface area contributed by atoms with Gasteiger partial charge in [0.25, 0.3) is 0 Å². The summed E-state index contributed by atoms with van der Waals surface area (Å²) in [7, 11) is 0. The van der Waals surface area contributed by atoms with Crippen molar-refractivity contribution >= 4 is 0 Å². The van der Waals surface area contributed by atoms with Crippen LogP contribution in [0.1, 0.15) is 194 Å². The van der Waals surface area contributed by atoms with Crippen molar-refractivity contribution in [3.8, 4) is 0 Å². The van der Waals surface area contributed by atoms with Crippen molar-refractivity contribution in [1.82, 2.24) is 5.32 Å². The predicted molar refractivity (Wildman–Crippen MR) is 191 cm³/mol. The van der Waals surface area contributed by atoms with Crippen LogP contribution >= 0.6 is 0 Å². The predicted octanol–water partition coefficient (Wildman–Crippen LogP) is 12.4. The Morgan fingerprint density at radius 2 is 0.674 bits per heavy atom. The van der Waals surface area contributed by atoms with Crippen LogP contribution in [0.3, 0.4) is 0 Å². The van der Waals surface area contributed by atoms with Crippen molar-refractivity contribution in [3.05, 3.63) is 24.3 Å². The Balaban J connectivity index is 1.82. The Labute approximate surface area is 270 Å². The highest BCUT2D eigenvalue weighted by Crippen LogP contribution is 2.15. The monoisotopic (exact) mass is 604 g/mol. The van der Waals surface area contributed by atoms with Crippen LogP contribution in [0.2, 0.25) is 0 Å². The van der Waals surface area contributed by atoms with Gasteiger partial charge in [0.15, 0.2) is 0 Å². The fourth-order valence-electron chi connectivity index (χ4n) is 6.13. The van der Waals surface area contributed by atoms with Crippen LogP contribution in [-0.2, 0) is 9.47 Å². The van der Waals surface area contributed by atoms with E-state index in [9.17, 15) is 0 Å². The lowest BCUT2D eigenvalue weighted by atomic mass is 10.1. The zero-order valence-corrected chi connectivity index (χ0v) is 29.4. The summed E-state index contributed by atoms with van der Waals surface area (Å²) in [5.74, 6) is 0. The van der Waals surface area contributed by atoms with E-state index >= 15 is 0 Å². The molecule has 254 valence electrons. The van der Waals surface area contributed by atoms with Crippen LogP contribution < -0.4 is 5.32 Å². The minimum Gasteiger partial charge on any atom is -0.374 e. The molecule has 0 aromatic rings. The number of unbranched alkanes of at least 4 members (excludes halogenated alkanes) is 24. The van der Waals surface area contributed by atoms with Gasteiger partial charge in [-0.1, -0.05) is 154 Å². The number of rotatable bonds is 34. The Morgan fingerprint density at radius 3 is 1.00 bits per heavy atom. The van der Waals surface area contributed by atoms with E-state index in [1.165, 1.54) is 180 Å². The molecule has 0 radical (unpaired) electrons. The van der Waals surface area contributed by atoms with Crippen molar-refractivity contribution < 1.29 is 9.47 Å². The quantitative estimate of drug-likeness (QED) is 0.0586. The van der Waals surface area contributed by atoms with Crippen LogP contribution in [0.15, 0.2) is 24.3 Å². The molecule has 1 rings (SSSR count). The van der Waals surface area contributed by atoms with Crippen molar-refractivity contribution in [2.45, 2.75) is 206 Å². The third kappa shape index (κ3) is 28.6. The first-order valence-electron chi connectivity index (χ1n) is 19.6. The van der Waals surface area contributed by atoms with E-state index in [0.717, 1.165) is 26.3 Å². The molecular formula is C40H77NO2. The Hall–Kier alpha value is -0.640. The van der Waals surface area contributed by atoms with Gasteiger partial charge in [-0.15, -0.1) is 0 Å². The van der Waals surface area contributed by atoms with Gasteiger partial charge in [0.2, 0.25) is 0 Å². The normalized spacial score (nSPS) is 17.3. The molecule has 2 atom stereocenters. The first-order chi connectivity index (χ1) is 21.4. The Morgan fingerprint density at radius 1 is 0.395 bits per heavy atom. The summed E-state index contributed by atoms with van der Waals surface area (Å²) in [4.78, 5) is 0. The van der Waals surface area contributed by atoms with Gasteiger partial charge in [-0.05, 0) is 64.2 Å². The molecule has 1 heterocycles. The van der Waals surface area contributed by atoms with E-state index in [2.05, 4.69) is 43.5 Å². The van der Waals surface area contributed by atoms with Gasteiger partial charge < -0.3 is 14.8 Å². The lowest BCUT2D eigenvalue weighted by molar-refractivity contribution is -0.0481. The average molecular weight is 604 g/mol. The van der Waals surface area contributed by atoms with Crippen molar-refractivity contribution in [2.75, 3.05) is 26.3 Å². The molecule has 0 aromatic carbocycles. The minimum atomic E-state index is 0.247. The van der Waals surface area contributed by atoms with Gasteiger partial charge in [-0.2, -0.15) is 0 Å². The standard InChI is InChI=1S/C40H77NO2/c1-3-5-7-9-11-13-15-17-19-21-23-25-27-29-31-33-35-42-39-37-41-38-40(39)43-36-34-32-30-28-26-24-22-20-18-16-14-12-10-8-6-4-2/h17-20,39-41H,3-16,21-38H2,1-2H3/b19-17-,20-18-/t39-,40?/m1/s1. The fourth-order valence-corrected chi connectivity index (χ4v) is 6.13. The highest BCUT2D eigenvalue weighted by Gasteiger charge is 2.28. The van der Waals surface area contributed by atoms with E-state index in [1.807, 2.05) is 0 Å². The molecule has 1 saturated heterocycles. The smallest absolute Gasteiger partial charge is 0.0973 e. The summed E-state index contributed by atoms with van der Waals surface area (Å²) < 4.78 is 12.4. The lowest BCUT2D eigenvalue weighted by Gasteiger charge is -2.20. The van der Waals surface area contributed by atoms with E-state index < -0.39 is 0 Å². The minimum absolute atomic E-state index is 0.247. The number of hydrogen-bond acceptors (Lipinski definition) is 3. The van der Waals surface area contributed by atoms with Crippen LogP contribution in [0.25, 0.3) is 0 Å². The first-order valence-corrected chi connectivity index (χ1v) is 19.6. The maximum atomic E-state index is 6.22. The van der Waals surface area contributed by atoms with Gasteiger partial charge in [0.05, 0.1) is 12.2 Å². The van der Waals surface area contributed by atoms with Crippen molar-refractivity contribution in [3.63, 3.8) is 0 Å². The zero-order chi connectivity index (χ0) is 30.7. The molecular weight excluding hydrogens is 526 g/mol. The van der Waals surface area contributed by atoms with Gasteiger partial charge in [-0.3, -0.25) is 0 Å². The number of ether oxygens (including phenoxy) is 2. The summed E-state index contributed by atoms with van der Waals surface area (Å²) in [6, 6.07) is 0. The molecule has 1 aliphatic rings. The van der Waals surface area contributed by atoms with Crippen LogP contribution in [0, 0.1) is 0 Å². The largest absolute Gasteiger partial charge is 0.374 e. The number of nitrogens with one attached hydrogen (secondary N) is 1. The second-order valence-corrected chi connectivity index (χ2v) is 13.4. The molecule has 1 N–H and O–H groups in total. The molecule has 3 heteroatoms. The van der Waals surface area contributed by atoms with Gasteiger partial charge in [-0.25, -0.2) is 0 Å². The SMILES string of the molecule is CCCCCCCC/C=C\CCCCCCCCOC1CNC[C@H]1OCCCCCCCC/C=C\CCCCCCCC. The third-order valence-corrected chi connectivity index (χ3v) is 9.08. The molecule has 1 aliphatic heterocycles. The topological polar surface area (TPSA) is 30.5 Å². The highest BCUT2D eigenvalue weighted by atomic mass is 16.5. The van der Waals surface area contributed by atoms with Gasteiger partial charge in [0, 0.05) is 26.3 Å². The van der Waals surface area contributed by atoms with Crippen LogP contribution in [0.4, 0.5) is 0 Å². The molecule has 1 fully saturated rings. The van der Waals surface area contributed by atoms with Gasteiger partial charge in [0.1, 0.15) is 0 Å². The number of allylic oxidation sites excluding steroid dienone is 4. The fraction of sp³-hybridized carbons (Fsp3) is 0.900. The molecule has 0 saturated carbocycles. The van der Waals surface area contributed by atoms with E-state index in [4.69, 9.17) is 9.47 Å². The average Bonchev–Trinajstić information content (AvgIpc) is 3.47. The second kappa shape index (κ2) is 34.2. The Kier molecular flexibility index (Phi) is 32.2. The molecule has 3 nitrogen and oxygen atoms in total. The van der Waals surface area contributed by atoms with Gasteiger partial charge >= 0.3 is 0 Å². The van der Waals surface area contributed by atoms with Crippen LogP contribution in [-0.4, -0.2) is 38.5 Å².